The summed E-state index contributed by atoms with van der Waals surface area (Å²) in [5.74, 6) is 0.481. The fourth-order valence-electron chi connectivity index (χ4n) is 3.05. The summed E-state index contributed by atoms with van der Waals surface area (Å²) in [6, 6.07) is 13.7. The Morgan fingerprint density at radius 1 is 1.07 bits per heavy atom. The molecule has 0 saturated carbocycles. The van der Waals surface area contributed by atoms with Gasteiger partial charge < -0.3 is 9.64 Å². The first-order valence-electron chi connectivity index (χ1n) is 9.05. The van der Waals surface area contributed by atoms with Crippen molar-refractivity contribution in [1.82, 2.24) is 9.21 Å². The standard InChI is InChI=1S/C20H23ClN2O4S/c1-15-6-8-18(9-7-15)27-16(2)20(24)22-10-12-23(13-11-22)28(25,26)19-5-3-4-17(21)14-19/h3-9,14,16H,10-13H2,1-2H3. The van der Waals surface area contributed by atoms with E-state index in [0.717, 1.165) is 5.56 Å². The summed E-state index contributed by atoms with van der Waals surface area (Å²) in [5.41, 5.74) is 1.11. The van der Waals surface area contributed by atoms with Gasteiger partial charge in [0, 0.05) is 31.2 Å². The van der Waals surface area contributed by atoms with Gasteiger partial charge >= 0.3 is 0 Å². The Morgan fingerprint density at radius 2 is 1.71 bits per heavy atom. The number of carbonyl (C=O) groups excluding carboxylic acids is 1. The van der Waals surface area contributed by atoms with Gasteiger partial charge in [0.05, 0.1) is 4.90 Å². The van der Waals surface area contributed by atoms with Crippen LogP contribution in [0.4, 0.5) is 0 Å². The summed E-state index contributed by atoms with van der Waals surface area (Å²) in [7, 11) is -3.63. The molecule has 0 aliphatic carbocycles. The first kappa shape index (κ1) is 20.6. The topological polar surface area (TPSA) is 66.9 Å². The molecule has 0 aromatic heterocycles. The van der Waals surface area contributed by atoms with Crippen LogP contribution in [0.25, 0.3) is 0 Å². The second kappa shape index (κ2) is 8.51. The first-order chi connectivity index (χ1) is 13.3. The van der Waals surface area contributed by atoms with E-state index >= 15 is 0 Å². The summed E-state index contributed by atoms with van der Waals surface area (Å²) < 4.78 is 32.6. The first-order valence-corrected chi connectivity index (χ1v) is 10.9. The summed E-state index contributed by atoms with van der Waals surface area (Å²) >= 11 is 5.91. The van der Waals surface area contributed by atoms with E-state index in [4.69, 9.17) is 16.3 Å². The minimum atomic E-state index is -3.63. The molecule has 6 nitrogen and oxygen atoms in total. The number of carbonyl (C=O) groups is 1. The van der Waals surface area contributed by atoms with E-state index in [2.05, 4.69) is 0 Å². The molecule has 3 rings (SSSR count). The molecule has 1 heterocycles. The number of aryl methyl sites for hydroxylation is 1. The lowest BCUT2D eigenvalue weighted by Gasteiger charge is -2.35. The molecule has 2 aromatic rings. The Bertz CT molecular complexity index is 939. The highest BCUT2D eigenvalue weighted by molar-refractivity contribution is 7.89. The maximum atomic E-state index is 12.8. The Kier molecular flexibility index (Phi) is 6.27. The molecule has 28 heavy (non-hydrogen) atoms. The van der Waals surface area contributed by atoms with E-state index < -0.39 is 16.1 Å². The normalized spacial score (nSPS) is 16.6. The predicted octanol–water partition coefficient (Wildman–Crippen LogP) is 2.95. The zero-order valence-corrected chi connectivity index (χ0v) is 17.4. The average Bonchev–Trinajstić information content (AvgIpc) is 2.69. The number of hydrogen-bond donors (Lipinski definition) is 0. The maximum Gasteiger partial charge on any atom is 0.263 e. The number of amides is 1. The van der Waals surface area contributed by atoms with Crippen molar-refractivity contribution in [3.05, 3.63) is 59.1 Å². The van der Waals surface area contributed by atoms with Crippen molar-refractivity contribution in [1.29, 1.82) is 0 Å². The number of benzene rings is 2. The van der Waals surface area contributed by atoms with Crippen LogP contribution < -0.4 is 4.74 Å². The highest BCUT2D eigenvalue weighted by Gasteiger charge is 2.32. The van der Waals surface area contributed by atoms with Crippen LogP contribution in [0, 0.1) is 6.92 Å². The van der Waals surface area contributed by atoms with Crippen LogP contribution in [-0.2, 0) is 14.8 Å². The third-order valence-electron chi connectivity index (χ3n) is 4.67. The van der Waals surface area contributed by atoms with Gasteiger partial charge in [-0.25, -0.2) is 8.42 Å². The Morgan fingerprint density at radius 3 is 2.32 bits per heavy atom. The van der Waals surface area contributed by atoms with Crippen LogP contribution in [-0.4, -0.2) is 55.8 Å². The largest absolute Gasteiger partial charge is 0.481 e. The van der Waals surface area contributed by atoms with Crippen molar-refractivity contribution < 1.29 is 17.9 Å². The molecule has 0 N–H and O–H groups in total. The van der Waals surface area contributed by atoms with E-state index in [1.54, 1.807) is 24.0 Å². The van der Waals surface area contributed by atoms with Gasteiger partial charge in [-0.1, -0.05) is 35.4 Å². The van der Waals surface area contributed by atoms with E-state index in [9.17, 15) is 13.2 Å². The van der Waals surface area contributed by atoms with Gasteiger partial charge in [-0.2, -0.15) is 4.31 Å². The average molecular weight is 423 g/mol. The number of halogens is 1. The van der Waals surface area contributed by atoms with Crippen molar-refractivity contribution in [2.45, 2.75) is 24.8 Å². The van der Waals surface area contributed by atoms with Crippen molar-refractivity contribution in [3.8, 4) is 5.75 Å². The number of hydrogen-bond acceptors (Lipinski definition) is 4. The number of ether oxygens (including phenoxy) is 1. The van der Waals surface area contributed by atoms with Crippen LogP contribution in [0.5, 0.6) is 5.75 Å². The summed E-state index contributed by atoms with van der Waals surface area (Å²) in [6.07, 6.45) is -0.640. The number of rotatable bonds is 5. The van der Waals surface area contributed by atoms with Gasteiger partial charge in [0.2, 0.25) is 10.0 Å². The molecule has 1 unspecified atom stereocenters. The zero-order valence-electron chi connectivity index (χ0n) is 15.8. The molecule has 1 aliphatic heterocycles. The third kappa shape index (κ3) is 4.66. The molecule has 1 amide bonds. The lowest BCUT2D eigenvalue weighted by molar-refractivity contribution is -0.139. The molecule has 1 fully saturated rings. The second-order valence-electron chi connectivity index (χ2n) is 6.76. The lowest BCUT2D eigenvalue weighted by atomic mass is 10.2. The molecule has 1 atom stereocenters. The van der Waals surface area contributed by atoms with Crippen molar-refractivity contribution in [2.75, 3.05) is 26.2 Å². The lowest BCUT2D eigenvalue weighted by Crippen LogP contribution is -2.53. The minimum Gasteiger partial charge on any atom is -0.481 e. The van der Waals surface area contributed by atoms with Crippen LogP contribution in [0.3, 0.4) is 0 Å². The van der Waals surface area contributed by atoms with Gasteiger partial charge in [-0.3, -0.25) is 4.79 Å². The van der Waals surface area contributed by atoms with E-state index in [1.165, 1.54) is 16.4 Å². The van der Waals surface area contributed by atoms with Crippen LogP contribution >= 0.6 is 11.6 Å². The quantitative estimate of drug-likeness (QED) is 0.743. The molecular formula is C20H23ClN2O4S. The smallest absolute Gasteiger partial charge is 0.263 e. The summed E-state index contributed by atoms with van der Waals surface area (Å²) in [6.45, 7) is 4.79. The highest BCUT2D eigenvalue weighted by Crippen LogP contribution is 2.21. The van der Waals surface area contributed by atoms with E-state index in [1.807, 2.05) is 31.2 Å². The fourth-order valence-corrected chi connectivity index (χ4v) is 4.78. The molecule has 1 aliphatic rings. The Balaban J connectivity index is 1.59. The van der Waals surface area contributed by atoms with Crippen LogP contribution in [0.15, 0.2) is 53.4 Å². The molecule has 0 radical (unpaired) electrons. The van der Waals surface area contributed by atoms with E-state index in [-0.39, 0.29) is 23.9 Å². The third-order valence-corrected chi connectivity index (χ3v) is 6.80. The SMILES string of the molecule is Cc1ccc(OC(C)C(=O)N2CCN(S(=O)(=O)c3cccc(Cl)c3)CC2)cc1. The summed E-state index contributed by atoms with van der Waals surface area (Å²) in [4.78, 5) is 14.5. The zero-order chi connectivity index (χ0) is 20.3. The van der Waals surface area contributed by atoms with Crippen LogP contribution in [0.1, 0.15) is 12.5 Å². The number of piperazine rings is 1. The van der Waals surface area contributed by atoms with Crippen LogP contribution in [0.2, 0.25) is 5.02 Å². The molecule has 0 spiro atoms. The predicted molar refractivity (Wildman–Crippen MR) is 108 cm³/mol. The van der Waals surface area contributed by atoms with Gasteiger partial charge in [0.25, 0.3) is 5.91 Å². The molecule has 150 valence electrons. The monoisotopic (exact) mass is 422 g/mol. The molecule has 2 aromatic carbocycles. The summed E-state index contributed by atoms with van der Waals surface area (Å²) in [5, 5.41) is 0.372. The van der Waals surface area contributed by atoms with E-state index in [0.29, 0.717) is 23.9 Å². The van der Waals surface area contributed by atoms with Gasteiger partial charge in [-0.05, 0) is 44.2 Å². The van der Waals surface area contributed by atoms with Crippen molar-refractivity contribution in [2.24, 2.45) is 0 Å². The molecular weight excluding hydrogens is 400 g/mol. The van der Waals surface area contributed by atoms with Crippen molar-refractivity contribution in [3.63, 3.8) is 0 Å². The molecule has 0 bridgehead atoms. The van der Waals surface area contributed by atoms with Gasteiger partial charge in [-0.15, -0.1) is 0 Å². The molecule has 8 heteroatoms. The second-order valence-corrected chi connectivity index (χ2v) is 9.13. The minimum absolute atomic E-state index is 0.152. The fraction of sp³-hybridized carbons (Fsp3) is 0.350. The number of nitrogens with zero attached hydrogens (tertiary/aromatic N) is 2. The maximum absolute atomic E-state index is 12.8. The van der Waals surface area contributed by atoms with Crippen molar-refractivity contribution >= 4 is 27.5 Å². The Labute approximate surface area is 170 Å². The highest BCUT2D eigenvalue weighted by atomic mass is 35.5. The van der Waals surface area contributed by atoms with Gasteiger partial charge in [0.15, 0.2) is 6.10 Å². The van der Waals surface area contributed by atoms with Gasteiger partial charge in [0.1, 0.15) is 5.75 Å². The Hall–Kier alpha value is -2.09. The molecule has 1 saturated heterocycles. The number of sulfonamides is 1.